The molecule has 20 heavy (non-hydrogen) atoms. The number of nitrogens with zero attached hydrogens (tertiary/aromatic N) is 1. The van der Waals surface area contributed by atoms with Crippen molar-refractivity contribution in [2.75, 3.05) is 6.54 Å². The van der Waals surface area contributed by atoms with Crippen molar-refractivity contribution in [2.24, 2.45) is 0 Å². The molecule has 0 saturated heterocycles. The molecule has 0 radical (unpaired) electrons. The topological polar surface area (TPSA) is 84.3 Å². The van der Waals surface area contributed by atoms with Crippen LogP contribution in [0.2, 0.25) is 0 Å². The van der Waals surface area contributed by atoms with Crippen LogP contribution in [0.15, 0.2) is 24.3 Å². The number of hydrogen-bond acceptors (Lipinski definition) is 3. The van der Waals surface area contributed by atoms with Crippen LogP contribution < -0.4 is 10.6 Å². The summed E-state index contributed by atoms with van der Waals surface area (Å²) in [6, 6.07) is 6.00. The Balaban J connectivity index is 2.27. The van der Waals surface area contributed by atoms with Gasteiger partial charge in [0.2, 0.25) is 0 Å². The van der Waals surface area contributed by atoms with E-state index in [1.54, 1.807) is 12.1 Å². The van der Waals surface area contributed by atoms with E-state index in [1.165, 1.54) is 25.0 Å². The van der Waals surface area contributed by atoms with Crippen molar-refractivity contribution in [1.82, 2.24) is 10.6 Å². The van der Waals surface area contributed by atoms with Crippen molar-refractivity contribution in [2.45, 2.75) is 39.2 Å². The second-order valence-corrected chi connectivity index (χ2v) is 4.60. The molecule has 0 bridgehead atoms. The molecule has 1 aromatic carbocycles. The Hall–Kier alpha value is -2.11. The van der Waals surface area contributed by atoms with Crippen molar-refractivity contribution < 1.29 is 9.72 Å². The molecular weight excluding hydrogens is 258 g/mol. The fourth-order valence-corrected chi connectivity index (χ4v) is 1.78. The Morgan fingerprint density at radius 2 is 2.05 bits per heavy atom. The molecule has 0 fully saturated rings. The van der Waals surface area contributed by atoms with E-state index in [0.29, 0.717) is 12.1 Å². The van der Waals surface area contributed by atoms with Gasteiger partial charge in [-0.15, -0.1) is 0 Å². The number of non-ortho nitro benzene ring substituents is 1. The highest BCUT2D eigenvalue weighted by molar-refractivity contribution is 5.73. The Labute approximate surface area is 118 Å². The number of amides is 2. The summed E-state index contributed by atoms with van der Waals surface area (Å²) >= 11 is 0. The van der Waals surface area contributed by atoms with Crippen LogP contribution in [0.3, 0.4) is 0 Å². The second kappa shape index (κ2) is 8.90. The highest BCUT2D eigenvalue weighted by atomic mass is 16.6. The number of carbonyl (C=O) groups excluding carboxylic acids is 1. The zero-order chi connectivity index (χ0) is 14.8. The molecule has 2 N–H and O–H groups in total. The van der Waals surface area contributed by atoms with Gasteiger partial charge in [0, 0.05) is 25.2 Å². The number of rotatable bonds is 8. The van der Waals surface area contributed by atoms with Crippen LogP contribution in [0, 0.1) is 10.1 Å². The predicted octanol–water partition coefficient (Wildman–Crippen LogP) is 2.97. The molecule has 6 nitrogen and oxygen atoms in total. The van der Waals surface area contributed by atoms with Crippen LogP contribution in [0.5, 0.6) is 0 Å². The van der Waals surface area contributed by atoms with Crippen LogP contribution in [-0.2, 0) is 6.54 Å². The zero-order valence-electron chi connectivity index (χ0n) is 11.7. The molecule has 0 spiro atoms. The molecule has 0 aliphatic rings. The third-order valence-electron chi connectivity index (χ3n) is 2.89. The molecule has 1 rings (SSSR count). The quantitative estimate of drug-likeness (QED) is 0.436. The van der Waals surface area contributed by atoms with E-state index in [9.17, 15) is 14.9 Å². The van der Waals surface area contributed by atoms with E-state index in [0.717, 1.165) is 12.8 Å². The molecule has 0 aliphatic heterocycles. The fraction of sp³-hybridized carbons (Fsp3) is 0.500. The summed E-state index contributed by atoms with van der Waals surface area (Å²) < 4.78 is 0. The minimum absolute atomic E-state index is 0.0317. The molecule has 6 heteroatoms. The lowest BCUT2D eigenvalue weighted by molar-refractivity contribution is -0.384. The highest BCUT2D eigenvalue weighted by Gasteiger charge is 2.06. The third kappa shape index (κ3) is 6.17. The van der Waals surface area contributed by atoms with Gasteiger partial charge in [-0.2, -0.15) is 0 Å². The standard InChI is InChI=1S/C14H21N3O3/c1-2-3-4-5-9-15-14(18)16-11-12-7-6-8-13(10-12)17(19)20/h6-8,10H,2-5,9,11H2,1H3,(H2,15,16,18). The Bertz CT molecular complexity index is 449. The number of carbonyl (C=O) groups is 1. The first-order valence-electron chi connectivity index (χ1n) is 6.88. The maximum Gasteiger partial charge on any atom is 0.315 e. The normalized spacial score (nSPS) is 10.1. The van der Waals surface area contributed by atoms with E-state index in [1.807, 2.05) is 0 Å². The van der Waals surface area contributed by atoms with Gasteiger partial charge in [0.15, 0.2) is 0 Å². The van der Waals surface area contributed by atoms with Gasteiger partial charge in [0.05, 0.1) is 4.92 Å². The van der Waals surface area contributed by atoms with Gasteiger partial charge >= 0.3 is 6.03 Å². The van der Waals surface area contributed by atoms with Gasteiger partial charge in [-0.1, -0.05) is 38.3 Å². The van der Waals surface area contributed by atoms with Crippen molar-refractivity contribution in [3.05, 3.63) is 39.9 Å². The number of nitro benzene ring substituents is 1. The summed E-state index contributed by atoms with van der Waals surface area (Å²) in [6.07, 6.45) is 4.43. The lowest BCUT2D eigenvalue weighted by atomic mass is 10.2. The first kappa shape index (κ1) is 15.9. The number of nitrogens with one attached hydrogen (secondary N) is 2. The number of urea groups is 1. The second-order valence-electron chi connectivity index (χ2n) is 4.60. The first-order valence-corrected chi connectivity index (χ1v) is 6.88. The summed E-state index contributed by atoms with van der Waals surface area (Å²) in [5, 5.41) is 16.1. The van der Waals surface area contributed by atoms with Gasteiger partial charge in [-0.25, -0.2) is 4.79 Å². The number of unbranched alkanes of at least 4 members (excludes halogenated alkanes) is 3. The molecule has 0 aromatic heterocycles. The molecular formula is C14H21N3O3. The van der Waals surface area contributed by atoms with E-state index in [4.69, 9.17) is 0 Å². The van der Waals surface area contributed by atoms with Crippen molar-refractivity contribution >= 4 is 11.7 Å². The van der Waals surface area contributed by atoms with Crippen LogP contribution in [0.4, 0.5) is 10.5 Å². The van der Waals surface area contributed by atoms with Gasteiger partial charge in [-0.3, -0.25) is 10.1 Å². The summed E-state index contributed by atoms with van der Waals surface area (Å²) in [4.78, 5) is 21.7. The molecule has 0 aliphatic carbocycles. The fourth-order valence-electron chi connectivity index (χ4n) is 1.78. The largest absolute Gasteiger partial charge is 0.338 e. The van der Waals surface area contributed by atoms with Gasteiger partial charge in [0.25, 0.3) is 5.69 Å². The highest BCUT2D eigenvalue weighted by Crippen LogP contribution is 2.12. The molecule has 110 valence electrons. The van der Waals surface area contributed by atoms with Gasteiger partial charge in [-0.05, 0) is 12.0 Å². The summed E-state index contributed by atoms with van der Waals surface area (Å²) in [5.41, 5.74) is 0.740. The Morgan fingerprint density at radius 1 is 1.25 bits per heavy atom. The van der Waals surface area contributed by atoms with Gasteiger partial charge < -0.3 is 10.6 Å². The van der Waals surface area contributed by atoms with Crippen molar-refractivity contribution in [1.29, 1.82) is 0 Å². The average Bonchev–Trinajstić information content (AvgIpc) is 2.45. The molecule has 0 atom stereocenters. The maximum absolute atomic E-state index is 11.5. The molecule has 0 saturated carbocycles. The first-order chi connectivity index (χ1) is 9.63. The molecule has 2 amide bonds. The minimum Gasteiger partial charge on any atom is -0.338 e. The molecule has 1 aromatic rings. The number of hydrogen-bond donors (Lipinski definition) is 2. The number of benzene rings is 1. The smallest absolute Gasteiger partial charge is 0.315 e. The van der Waals surface area contributed by atoms with E-state index >= 15 is 0 Å². The van der Waals surface area contributed by atoms with E-state index < -0.39 is 4.92 Å². The van der Waals surface area contributed by atoms with Crippen LogP contribution in [0.25, 0.3) is 0 Å². The van der Waals surface area contributed by atoms with E-state index in [-0.39, 0.29) is 18.3 Å². The Kier molecular flexibility index (Phi) is 7.10. The zero-order valence-corrected chi connectivity index (χ0v) is 11.7. The van der Waals surface area contributed by atoms with Crippen molar-refractivity contribution in [3.63, 3.8) is 0 Å². The Morgan fingerprint density at radius 3 is 2.75 bits per heavy atom. The third-order valence-corrected chi connectivity index (χ3v) is 2.89. The van der Waals surface area contributed by atoms with Crippen molar-refractivity contribution in [3.8, 4) is 0 Å². The average molecular weight is 279 g/mol. The van der Waals surface area contributed by atoms with Crippen LogP contribution in [0.1, 0.15) is 38.2 Å². The monoisotopic (exact) mass is 279 g/mol. The lowest BCUT2D eigenvalue weighted by Crippen LogP contribution is -2.35. The molecule has 0 heterocycles. The van der Waals surface area contributed by atoms with Crippen LogP contribution >= 0.6 is 0 Å². The lowest BCUT2D eigenvalue weighted by Gasteiger charge is -2.07. The number of nitro groups is 1. The van der Waals surface area contributed by atoms with Crippen LogP contribution in [-0.4, -0.2) is 17.5 Å². The van der Waals surface area contributed by atoms with Gasteiger partial charge in [0.1, 0.15) is 0 Å². The van der Waals surface area contributed by atoms with E-state index in [2.05, 4.69) is 17.6 Å². The molecule has 0 unspecified atom stereocenters. The summed E-state index contributed by atoms with van der Waals surface area (Å²) in [6.45, 7) is 3.07. The summed E-state index contributed by atoms with van der Waals surface area (Å²) in [7, 11) is 0. The maximum atomic E-state index is 11.5. The SMILES string of the molecule is CCCCCCNC(=O)NCc1cccc([N+](=O)[O-])c1. The minimum atomic E-state index is -0.447. The summed E-state index contributed by atoms with van der Waals surface area (Å²) in [5.74, 6) is 0. The predicted molar refractivity (Wildman–Crippen MR) is 77.5 cm³/mol.